The maximum atomic E-state index is 13.4. The number of carbonyl (C=O) groups excluding carboxylic acids is 2. The standard InChI is InChI=1S/C24H24N2O4S/c1-29-18-10-11-21(30-2)19(15-18)20-8-4-12-26(20)24(28)16-6-3-7-17(14-16)25-23(27)22-9-5-13-31-22/h3,5-7,9-11,13-15,20H,4,8,12H2,1-2H3,(H,25,27)/t20-/m1/s1. The molecule has 0 radical (unpaired) electrons. The first kappa shape index (κ1) is 20.9. The van der Waals surface area contributed by atoms with Gasteiger partial charge in [-0.05, 0) is 60.7 Å². The summed E-state index contributed by atoms with van der Waals surface area (Å²) >= 11 is 1.38. The zero-order valence-corrected chi connectivity index (χ0v) is 18.3. The second-order valence-electron chi connectivity index (χ2n) is 7.28. The van der Waals surface area contributed by atoms with Gasteiger partial charge in [0.2, 0.25) is 0 Å². The van der Waals surface area contributed by atoms with Crippen molar-refractivity contribution in [1.82, 2.24) is 4.90 Å². The Bertz CT molecular complexity index is 1080. The third-order valence-electron chi connectivity index (χ3n) is 5.42. The van der Waals surface area contributed by atoms with Crippen molar-refractivity contribution in [2.75, 3.05) is 26.1 Å². The van der Waals surface area contributed by atoms with Crippen LogP contribution in [0.25, 0.3) is 0 Å². The van der Waals surface area contributed by atoms with Crippen molar-refractivity contribution in [3.8, 4) is 11.5 Å². The molecule has 0 bridgehead atoms. The normalized spacial score (nSPS) is 15.5. The molecule has 0 aliphatic carbocycles. The highest BCUT2D eigenvalue weighted by atomic mass is 32.1. The van der Waals surface area contributed by atoms with E-state index >= 15 is 0 Å². The highest BCUT2D eigenvalue weighted by Crippen LogP contribution is 2.39. The molecule has 1 N–H and O–H groups in total. The van der Waals surface area contributed by atoms with Gasteiger partial charge in [-0.25, -0.2) is 0 Å². The molecule has 1 aliphatic rings. The summed E-state index contributed by atoms with van der Waals surface area (Å²) in [6.07, 6.45) is 1.76. The Labute approximate surface area is 185 Å². The molecular weight excluding hydrogens is 412 g/mol. The van der Waals surface area contributed by atoms with Gasteiger partial charge in [0.05, 0.1) is 25.1 Å². The van der Waals surface area contributed by atoms with E-state index in [4.69, 9.17) is 9.47 Å². The van der Waals surface area contributed by atoms with E-state index in [2.05, 4.69) is 5.32 Å². The molecule has 1 fully saturated rings. The molecule has 1 aliphatic heterocycles. The topological polar surface area (TPSA) is 67.9 Å². The van der Waals surface area contributed by atoms with Gasteiger partial charge in [-0.15, -0.1) is 11.3 Å². The van der Waals surface area contributed by atoms with Gasteiger partial charge in [-0.3, -0.25) is 9.59 Å². The monoisotopic (exact) mass is 436 g/mol. The fourth-order valence-electron chi connectivity index (χ4n) is 3.93. The molecule has 3 aromatic rings. The second kappa shape index (κ2) is 9.22. The molecular formula is C24H24N2O4S. The second-order valence-corrected chi connectivity index (χ2v) is 8.22. The molecule has 2 aromatic carbocycles. The van der Waals surface area contributed by atoms with Gasteiger partial charge in [0.15, 0.2) is 0 Å². The molecule has 6 nitrogen and oxygen atoms in total. The molecule has 7 heteroatoms. The molecule has 0 unspecified atom stereocenters. The predicted molar refractivity (Wildman–Crippen MR) is 121 cm³/mol. The maximum Gasteiger partial charge on any atom is 0.265 e. The summed E-state index contributed by atoms with van der Waals surface area (Å²) in [5.41, 5.74) is 2.08. The smallest absolute Gasteiger partial charge is 0.265 e. The fourth-order valence-corrected chi connectivity index (χ4v) is 4.55. The van der Waals surface area contributed by atoms with Crippen LogP contribution in [0.5, 0.6) is 11.5 Å². The number of benzene rings is 2. The zero-order valence-electron chi connectivity index (χ0n) is 17.5. The van der Waals surface area contributed by atoms with Gasteiger partial charge in [0.25, 0.3) is 11.8 Å². The largest absolute Gasteiger partial charge is 0.497 e. The summed E-state index contributed by atoms with van der Waals surface area (Å²) in [4.78, 5) is 28.3. The quantitative estimate of drug-likeness (QED) is 0.591. The first-order chi connectivity index (χ1) is 15.1. The first-order valence-electron chi connectivity index (χ1n) is 10.1. The van der Waals surface area contributed by atoms with E-state index in [1.54, 1.807) is 44.6 Å². The number of nitrogens with zero attached hydrogens (tertiary/aromatic N) is 1. The van der Waals surface area contributed by atoms with Gasteiger partial charge in [-0.1, -0.05) is 12.1 Å². The molecule has 31 heavy (non-hydrogen) atoms. The van der Waals surface area contributed by atoms with E-state index < -0.39 is 0 Å². The number of hydrogen-bond donors (Lipinski definition) is 1. The van der Waals surface area contributed by atoms with E-state index in [1.165, 1.54) is 11.3 Å². The number of anilines is 1. The van der Waals surface area contributed by atoms with Crippen molar-refractivity contribution < 1.29 is 19.1 Å². The lowest BCUT2D eigenvalue weighted by molar-refractivity contribution is 0.0733. The van der Waals surface area contributed by atoms with Crippen LogP contribution in [-0.4, -0.2) is 37.5 Å². The van der Waals surface area contributed by atoms with E-state index in [9.17, 15) is 9.59 Å². The molecule has 1 atom stereocenters. The summed E-state index contributed by atoms with van der Waals surface area (Å²) < 4.78 is 10.9. The average molecular weight is 437 g/mol. The zero-order chi connectivity index (χ0) is 21.8. The van der Waals surface area contributed by atoms with Crippen molar-refractivity contribution in [3.05, 3.63) is 76.0 Å². The van der Waals surface area contributed by atoms with Crippen LogP contribution in [0.1, 0.15) is 44.5 Å². The summed E-state index contributed by atoms with van der Waals surface area (Å²) in [6, 6.07) is 16.2. The van der Waals surface area contributed by atoms with Crippen molar-refractivity contribution in [2.24, 2.45) is 0 Å². The maximum absolute atomic E-state index is 13.4. The van der Waals surface area contributed by atoms with Gasteiger partial charge in [-0.2, -0.15) is 0 Å². The summed E-state index contributed by atoms with van der Waals surface area (Å²) in [7, 11) is 3.26. The van der Waals surface area contributed by atoms with Crippen LogP contribution in [0.15, 0.2) is 60.0 Å². The average Bonchev–Trinajstić information content (AvgIpc) is 3.50. The van der Waals surface area contributed by atoms with Crippen LogP contribution in [-0.2, 0) is 0 Å². The molecule has 160 valence electrons. The Morgan fingerprint density at radius 1 is 1.06 bits per heavy atom. The van der Waals surface area contributed by atoms with Crippen LogP contribution in [0.2, 0.25) is 0 Å². The Morgan fingerprint density at radius 2 is 1.94 bits per heavy atom. The minimum Gasteiger partial charge on any atom is -0.497 e. The number of rotatable bonds is 6. The molecule has 1 aromatic heterocycles. The SMILES string of the molecule is COc1ccc(OC)c([C@H]2CCCN2C(=O)c2cccc(NC(=O)c3cccs3)c2)c1. The van der Waals surface area contributed by atoms with E-state index in [1.807, 2.05) is 34.5 Å². The van der Waals surface area contributed by atoms with Crippen LogP contribution < -0.4 is 14.8 Å². The van der Waals surface area contributed by atoms with Gasteiger partial charge in [0, 0.05) is 23.4 Å². The van der Waals surface area contributed by atoms with Gasteiger partial charge < -0.3 is 19.7 Å². The lowest BCUT2D eigenvalue weighted by Gasteiger charge is -2.27. The minimum atomic E-state index is -0.181. The van der Waals surface area contributed by atoms with Crippen molar-refractivity contribution in [1.29, 1.82) is 0 Å². The van der Waals surface area contributed by atoms with Crippen molar-refractivity contribution >= 4 is 28.8 Å². The number of nitrogens with one attached hydrogen (secondary N) is 1. The highest BCUT2D eigenvalue weighted by molar-refractivity contribution is 7.12. The summed E-state index contributed by atoms with van der Waals surface area (Å²) in [5, 5.41) is 4.73. The molecule has 0 spiro atoms. The van der Waals surface area contributed by atoms with E-state index in [0.29, 0.717) is 22.7 Å². The Kier molecular flexibility index (Phi) is 6.23. The highest BCUT2D eigenvalue weighted by Gasteiger charge is 2.32. The first-order valence-corrected chi connectivity index (χ1v) is 11.0. The summed E-state index contributed by atoms with van der Waals surface area (Å²) in [5.74, 6) is 1.22. The number of thiophene rings is 1. The number of hydrogen-bond acceptors (Lipinski definition) is 5. The molecule has 4 rings (SSSR count). The third-order valence-corrected chi connectivity index (χ3v) is 6.29. The number of likely N-dealkylation sites (tertiary alicyclic amines) is 1. The molecule has 0 saturated carbocycles. The van der Waals surface area contributed by atoms with E-state index in [0.717, 1.165) is 29.9 Å². The number of carbonyl (C=O) groups is 2. The number of amides is 2. The molecule has 2 amide bonds. The number of methoxy groups -OCH3 is 2. The fraction of sp³-hybridized carbons (Fsp3) is 0.250. The van der Waals surface area contributed by atoms with Gasteiger partial charge in [0.1, 0.15) is 11.5 Å². The predicted octanol–water partition coefficient (Wildman–Crippen LogP) is 4.99. The lowest BCUT2D eigenvalue weighted by Crippen LogP contribution is -2.30. The van der Waals surface area contributed by atoms with Crippen molar-refractivity contribution in [3.63, 3.8) is 0 Å². The Hall–Kier alpha value is -3.32. The van der Waals surface area contributed by atoms with Gasteiger partial charge >= 0.3 is 0 Å². The lowest BCUT2D eigenvalue weighted by atomic mass is 10.0. The number of ether oxygens (including phenoxy) is 2. The van der Waals surface area contributed by atoms with Crippen LogP contribution >= 0.6 is 11.3 Å². The third kappa shape index (κ3) is 4.41. The van der Waals surface area contributed by atoms with Crippen molar-refractivity contribution in [2.45, 2.75) is 18.9 Å². The molecule has 2 heterocycles. The Balaban J connectivity index is 1.57. The van der Waals surface area contributed by atoms with Crippen LogP contribution in [0.4, 0.5) is 5.69 Å². The van der Waals surface area contributed by atoms with E-state index in [-0.39, 0.29) is 17.9 Å². The van der Waals surface area contributed by atoms with Crippen LogP contribution in [0, 0.1) is 0 Å². The Morgan fingerprint density at radius 3 is 2.68 bits per heavy atom. The molecule has 1 saturated heterocycles. The summed E-state index contributed by atoms with van der Waals surface area (Å²) in [6.45, 7) is 0.662. The van der Waals surface area contributed by atoms with Crippen LogP contribution in [0.3, 0.4) is 0 Å². The minimum absolute atomic E-state index is 0.0698.